The van der Waals surface area contributed by atoms with Crippen molar-refractivity contribution in [3.63, 3.8) is 0 Å². The molecule has 0 atom stereocenters. The number of fused-ring (bicyclic) bond motifs is 1. The molecule has 5 rings (SSSR count). The molecule has 1 heterocycles. The van der Waals surface area contributed by atoms with E-state index in [1.54, 1.807) is 49.4 Å². The van der Waals surface area contributed by atoms with Gasteiger partial charge in [0.1, 0.15) is 22.7 Å². The van der Waals surface area contributed by atoms with Gasteiger partial charge in [0, 0.05) is 10.9 Å². The van der Waals surface area contributed by atoms with Crippen molar-refractivity contribution in [3.8, 4) is 28.4 Å². The first-order valence-corrected chi connectivity index (χ1v) is 12.9. The molecule has 0 amide bonds. The van der Waals surface area contributed by atoms with Gasteiger partial charge >= 0.3 is 5.97 Å². The highest BCUT2D eigenvalue weighted by atomic mass is 16.6. The largest absolute Gasteiger partial charge is 0.494 e. The van der Waals surface area contributed by atoms with E-state index in [4.69, 9.17) is 18.6 Å². The van der Waals surface area contributed by atoms with E-state index in [0.29, 0.717) is 46.0 Å². The Bertz CT molecular complexity index is 1690. The number of benzene rings is 4. The standard InChI is InChI=1S/C34H28O6/c1-4-38-27-16-19-30-28(21-27)33(22(2)39-30)34(36)40-31-18-11-23(20-32(31)37-3)10-17-29(35)26-14-12-25(13-15-26)24-8-6-5-7-9-24/h5-21H,4H2,1-3H3/b17-10+. The molecule has 4 aromatic carbocycles. The Labute approximate surface area is 232 Å². The summed E-state index contributed by atoms with van der Waals surface area (Å²) in [7, 11) is 1.49. The van der Waals surface area contributed by atoms with E-state index in [2.05, 4.69) is 0 Å². The predicted octanol–water partition coefficient (Wildman–Crippen LogP) is 7.93. The number of ketones is 1. The fourth-order valence-corrected chi connectivity index (χ4v) is 4.46. The van der Waals surface area contributed by atoms with E-state index in [1.807, 2.05) is 61.5 Å². The van der Waals surface area contributed by atoms with Crippen molar-refractivity contribution in [2.75, 3.05) is 13.7 Å². The number of aryl methyl sites for hydroxylation is 1. The summed E-state index contributed by atoms with van der Waals surface area (Å²) in [5.74, 6) is 1.00. The number of methoxy groups -OCH3 is 1. The first-order chi connectivity index (χ1) is 19.5. The Kier molecular flexibility index (Phi) is 7.78. The summed E-state index contributed by atoms with van der Waals surface area (Å²) in [6.07, 6.45) is 3.21. The molecule has 0 radical (unpaired) electrons. The quantitative estimate of drug-likeness (QED) is 0.0830. The maximum absolute atomic E-state index is 13.2. The molecule has 0 N–H and O–H groups in total. The average molecular weight is 533 g/mol. The minimum atomic E-state index is -0.569. The molecule has 0 fully saturated rings. The molecule has 6 nitrogen and oxygen atoms in total. The van der Waals surface area contributed by atoms with Crippen LogP contribution >= 0.6 is 0 Å². The van der Waals surface area contributed by atoms with Gasteiger partial charge in [-0.3, -0.25) is 4.79 Å². The van der Waals surface area contributed by atoms with Gasteiger partial charge in [0.2, 0.25) is 0 Å². The van der Waals surface area contributed by atoms with Crippen LogP contribution in [0.2, 0.25) is 0 Å². The zero-order chi connectivity index (χ0) is 28.1. The third kappa shape index (κ3) is 5.66. The smallest absolute Gasteiger partial charge is 0.347 e. The number of ether oxygens (including phenoxy) is 3. The van der Waals surface area contributed by atoms with Crippen molar-refractivity contribution in [1.29, 1.82) is 0 Å². The van der Waals surface area contributed by atoms with Crippen molar-refractivity contribution >= 4 is 28.8 Å². The molecule has 0 saturated carbocycles. The topological polar surface area (TPSA) is 75.0 Å². The van der Waals surface area contributed by atoms with Gasteiger partial charge in [-0.1, -0.05) is 66.7 Å². The van der Waals surface area contributed by atoms with Gasteiger partial charge in [-0.2, -0.15) is 0 Å². The van der Waals surface area contributed by atoms with E-state index >= 15 is 0 Å². The van der Waals surface area contributed by atoms with Gasteiger partial charge in [-0.05, 0) is 66.9 Å². The molecule has 0 unspecified atom stereocenters. The highest BCUT2D eigenvalue weighted by molar-refractivity contribution is 6.07. The van der Waals surface area contributed by atoms with Crippen molar-refractivity contribution in [1.82, 2.24) is 0 Å². The monoisotopic (exact) mass is 532 g/mol. The number of allylic oxidation sites excluding steroid dienone is 1. The lowest BCUT2D eigenvalue weighted by atomic mass is 10.0. The van der Waals surface area contributed by atoms with Crippen LogP contribution in [0.25, 0.3) is 28.2 Å². The fraction of sp³-hybridized carbons (Fsp3) is 0.118. The summed E-state index contributed by atoms with van der Waals surface area (Å²) in [5, 5.41) is 0.613. The molecule has 6 heteroatoms. The Morgan fingerprint density at radius 2 is 1.60 bits per heavy atom. The molecule has 0 aliphatic heterocycles. The number of carbonyl (C=O) groups is 2. The Morgan fingerprint density at radius 3 is 2.33 bits per heavy atom. The molecular formula is C34H28O6. The molecule has 200 valence electrons. The zero-order valence-electron chi connectivity index (χ0n) is 22.5. The van der Waals surface area contributed by atoms with Crippen LogP contribution in [0.15, 0.2) is 101 Å². The number of hydrogen-bond donors (Lipinski definition) is 0. The molecule has 1 aromatic heterocycles. The van der Waals surface area contributed by atoms with Gasteiger partial charge in [-0.25, -0.2) is 4.79 Å². The lowest BCUT2D eigenvalue weighted by Gasteiger charge is -2.10. The highest BCUT2D eigenvalue weighted by Crippen LogP contribution is 2.33. The molecule has 0 bridgehead atoms. The highest BCUT2D eigenvalue weighted by Gasteiger charge is 2.22. The number of hydrogen-bond acceptors (Lipinski definition) is 6. The van der Waals surface area contributed by atoms with Crippen molar-refractivity contribution in [3.05, 3.63) is 120 Å². The molecule has 0 aliphatic carbocycles. The Morgan fingerprint density at radius 1 is 0.850 bits per heavy atom. The number of furan rings is 1. The first-order valence-electron chi connectivity index (χ1n) is 12.9. The summed E-state index contributed by atoms with van der Waals surface area (Å²) in [4.78, 5) is 25.9. The summed E-state index contributed by atoms with van der Waals surface area (Å²) in [6.45, 7) is 4.12. The number of carbonyl (C=O) groups excluding carboxylic acids is 2. The van der Waals surface area contributed by atoms with Crippen LogP contribution in [-0.4, -0.2) is 25.5 Å². The normalized spacial score (nSPS) is 11.1. The van der Waals surface area contributed by atoms with E-state index in [9.17, 15) is 9.59 Å². The Hall–Kier alpha value is -5.10. The van der Waals surface area contributed by atoms with E-state index < -0.39 is 5.97 Å². The molecule has 5 aromatic rings. The van der Waals surface area contributed by atoms with Crippen LogP contribution in [0.1, 0.15) is 39.0 Å². The Balaban J connectivity index is 1.31. The van der Waals surface area contributed by atoms with Gasteiger partial charge < -0.3 is 18.6 Å². The second-order valence-corrected chi connectivity index (χ2v) is 9.07. The first kappa shape index (κ1) is 26.5. The third-order valence-corrected chi connectivity index (χ3v) is 6.44. The van der Waals surface area contributed by atoms with Crippen LogP contribution < -0.4 is 14.2 Å². The lowest BCUT2D eigenvalue weighted by molar-refractivity contribution is 0.0729. The van der Waals surface area contributed by atoms with Gasteiger partial charge in [0.25, 0.3) is 0 Å². The minimum Gasteiger partial charge on any atom is -0.494 e. The summed E-state index contributed by atoms with van der Waals surface area (Å²) in [6, 6.07) is 27.9. The van der Waals surface area contributed by atoms with Crippen LogP contribution in [0, 0.1) is 6.92 Å². The molecule has 0 aliphatic rings. The summed E-state index contributed by atoms with van der Waals surface area (Å²) >= 11 is 0. The average Bonchev–Trinajstić information content (AvgIpc) is 3.32. The van der Waals surface area contributed by atoms with Crippen LogP contribution in [0.5, 0.6) is 17.2 Å². The van der Waals surface area contributed by atoms with Gasteiger partial charge in [0.15, 0.2) is 17.3 Å². The van der Waals surface area contributed by atoms with Crippen LogP contribution in [0.4, 0.5) is 0 Å². The summed E-state index contributed by atoms with van der Waals surface area (Å²) < 4.78 is 22.5. The van der Waals surface area contributed by atoms with Crippen molar-refractivity contribution < 1.29 is 28.2 Å². The van der Waals surface area contributed by atoms with Gasteiger partial charge in [-0.15, -0.1) is 0 Å². The predicted molar refractivity (Wildman–Crippen MR) is 155 cm³/mol. The van der Waals surface area contributed by atoms with E-state index in [-0.39, 0.29) is 11.5 Å². The van der Waals surface area contributed by atoms with Crippen molar-refractivity contribution in [2.24, 2.45) is 0 Å². The maximum Gasteiger partial charge on any atom is 0.347 e. The molecule has 40 heavy (non-hydrogen) atoms. The second kappa shape index (κ2) is 11.7. The number of esters is 1. The molecular weight excluding hydrogens is 504 g/mol. The molecule has 0 spiro atoms. The van der Waals surface area contributed by atoms with E-state index in [1.165, 1.54) is 13.2 Å². The zero-order valence-corrected chi connectivity index (χ0v) is 22.5. The lowest BCUT2D eigenvalue weighted by Crippen LogP contribution is -2.10. The maximum atomic E-state index is 13.2. The SMILES string of the molecule is CCOc1ccc2oc(C)c(C(=O)Oc3ccc(/C=C/C(=O)c4ccc(-c5ccccc5)cc4)cc3OC)c2c1. The van der Waals surface area contributed by atoms with Crippen LogP contribution in [0.3, 0.4) is 0 Å². The fourth-order valence-electron chi connectivity index (χ4n) is 4.46. The van der Waals surface area contributed by atoms with Gasteiger partial charge in [0.05, 0.1) is 13.7 Å². The van der Waals surface area contributed by atoms with E-state index in [0.717, 1.165) is 16.7 Å². The summed E-state index contributed by atoms with van der Waals surface area (Å²) in [5.41, 5.74) is 4.34. The van der Waals surface area contributed by atoms with Crippen LogP contribution in [-0.2, 0) is 0 Å². The third-order valence-electron chi connectivity index (χ3n) is 6.44. The molecule has 0 saturated heterocycles. The second-order valence-electron chi connectivity index (χ2n) is 9.07. The number of rotatable bonds is 9. The van der Waals surface area contributed by atoms with Crippen molar-refractivity contribution in [2.45, 2.75) is 13.8 Å². The minimum absolute atomic E-state index is 0.122.